The molecule has 4 heterocycles. The molecule has 9 heteroatoms. The van der Waals surface area contributed by atoms with Crippen molar-refractivity contribution in [1.82, 2.24) is 14.7 Å². The Hall–Kier alpha value is -2.94. The van der Waals surface area contributed by atoms with Crippen LogP contribution < -0.4 is 14.9 Å². The number of rotatable bonds is 1. The molecule has 2 N–H and O–H groups in total. The van der Waals surface area contributed by atoms with Crippen molar-refractivity contribution in [3.8, 4) is 0 Å². The van der Waals surface area contributed by atoms with Crippen molar-refractivity contribution in [3.63, 3.8) is 0 Å². The molecule has 1 amide bonds. The lowest BCUT2D eigenvalue weighted by Gasteiger charge is -2.34. The predicted octanol–water partition coefficient (Wildman–Crippen LogP) is 4.50. The van der Waals surface area contributed by atoms with Crippen molar-refractivity contribution < 1.29 is 13.2 Å². The van der Waals surface area contributed by atoms with Gasteiger partial charge in [-0.25, -0.2) is 14.7 Å². The van der Waals surface area contributed by atoms with E-state index in [9.17, 15) is 13.2 Å². The molecule has 1 unspecified atom stereocenters. The van der Waals surface area contributed by atoms with Gasteiger partial charge in [0.05, 0.1) is 5.56 Å². The van der Waals surface area contributed by atoms with E-state index in [1.165, 1.54) is 6.07 Å². The van der Waals surface area contributed by atoms with E-state index in [-0.39, 0.29) is 27.6 Å². The van der Waals surface area contributed by atoms with E-state index in [2.05, 4.69) is 68.0 Å². The monoisotopic (exact) mass is 511 g/mol. The summed E-state index contributed by atoms with van der Waals surface area (Å²) in [6, 6.07) is 8.11. The fraction of sp³-hybridized carbons (Fsp3) is 0.519. The second-order valence-electron chi connectivity index (χ2n) is 11.7. The van der Waals surface area contributed by atoms with Gasteiger partial charge < -0.3 is 10.2 Å². The number of nitrogens with one attached hydrogen (secondary N) is 2. The number of carbonyl (C=O) groups is 1. The topological polar surface area (TPSA) is 104 Å². The van der Waals surface area contributed by atoms with Crippen molar-refractivity contribution >= 4 is 27.6 Å². The van der Waals surface area contributed by atoms with E-state index in [4.69, 9.17) is 4.98 Å². The van der Waals surface area contributed by atoms with E-state index in [1.807, 2.05) is 6.08 Å². The number of hydrogen-bond donors (Lipinski definition) is 2. The summed E-state index contributed by atoms with van der Waals surface area (Å²) in [6.45, 7) is 17.5. The van der Waals surface area contributed by atoms with Crippen molar-refractivity contribution in [3.05, 3.63) is 54.2 Å². The maximum absolute atomic E-state index is 13.5. The highest BCUT2D eigenvalue weighted by Gasteiger charge is 2.43. The van der Waals surface area contributed by atoms with Crippen LogP contribution in [0.25, 0.3) is 0 Å². The highest BCUT2D eigenvalue weighted by Crippen LogP contribution is 2.42. The first-order chi connectivity index (χ1) is 16.7. The van der Waals surface area contributed by atoms with Crippen molar-refractivity contribution in [1.29, 1.82) is 0 Å². The fourth-order valence-corrected chi connectivity index (χ4v) is 6.11. The first-order valence-electron chi connectivity index (χ1n) is 12.4. The summed E-state index contributed by atoms with van der Waals surface area (Å²) < 4.78 is 28.6. The van der Waals surface area contributed by atoms with Crippen LogP contribution in [-0.4, -0.2) is 42.4 Å². The maximum atomic E-state index is 13.5. The summed E-state index contributed by atoms with van der Waals surface area (Å²) >= 11 is 0. The molecule has 36 heavy (non-hydrogen) atoms. The van der Waals surface area contributed by atoms with Crippen molar-refractivity contribution in [2.45, 2.75) is 76.4 Å². The smallest absolute Gasteiger partial charge is 0.281 e. The molecule has 2 aromatic rings. The first-order valence-corrected chi connectivity index (χ1v) is 13.9. The molecule has 1 fully saturated rings. The summed E-state index contributed by atoms with van der Waals surface area (Å²) in [4.78, 5) is 24.9. The third-order valence-electron chi connectivity index (χ3n) is 7.33. The molecular weight excluding hydrogens is 474 g/mol. The Balaban J connectivity index is 1.89. The number of hydrogen-bond acceptors (Lipinski definition) is 7. The summed E-state index contributed by atoms with van der Waals surface area (Å²) in [5.41, 5.74) is 0.572. The Morgan fingerprint density at radius 3 is 2.56 bits per heavy atom. The van der Waals surface area contributed by atoms with Gasteiger partial charge in [0.15, 0.2) is 5.03 Å². The molecule has 0 saturated carbocycles. The van der Waals surface area contributed by atoms with Gasteiger partial charge in [0.1, 0.15) is 11.6 Å². The standard InChI is InChI=1S/C27H37N5O3S/c1-8-19-14-17(2)18-15-27(6,7)32(16-18)24-20(12-13-21(29-24)26(3,4)5)25(33)31-36(34,35)23-11-9-10-22(28-19)30-23/h8-13,17-19H,1,14-16H2,2-7H3,(H,28,30)(H,31,33)/t17-,18-,19?/m0/s1. The van der Waals surface area contributed by atoms with Crippen LogP contribution in [0.2, 0.25) is 0 Å². The van der Waals surface area contributed by atoms with Gasteiger partial charge in [-0.1, -0.05) is 39.8 Å². The Bertz CT molecular complexity index is 1280. The number of anilines is 2. The van der Waals surface area contributed by atoms with Gasteiger partial charge in [-0.3, -0.25) is 4.79 Å². The van der Waals surface area contributed by atoms with Gasteiger partial charge in [0.2, 0.25) is 0 Å². The van der Waals surface area contributed by atoms with Crippen molar-refractivity contribution in [2.75, 3.05) is 16.8 Å². The minimum atomic E-state index is -4.21. The first kappa shape index (κ1) is 26.1. The van der Waals surface area contributed by atoms with E-state index < -0.39 is 15.9 Å². The number of carbonyl (C=O) groups excluding carboxylic acids is 1. The third kappa shape index (κ3) is 5.12. The van der Waals surface area contributed by atoms with Gasteiger partial charge in [0, 0.05) is 29.2 Å². The maximum Gasteiger partial charge on any atom is 0.281 e. The van der Waals surface area contributed by atoms with Crippen LogP contribution in [0.3, 0.4) is 0 Å². The average Bonchev–Trinajstić information content (AvgIpc) is 3.12. The molecule has 0 spiro atoms. The summed E-state index contributed by atoms with van der Waals surface area (Å²) in [6.07, 6.45) is 3.58. The largest absolute Gasteiger partial charge is 0.364 e. The summed E-state index contributed by atoms with van der Waals surface area (Å²) in [5, 5.41) is 3.08. The van der Waals surface area contributed by atoms with Gasteiger partial charge >= 0.3 is 0 Å². The van der Waals surface area contributed by atoms with E-state index >= 15 is 0 Å². The summed E-state index contributed by atoms with van der Waals surface area (Å²) in [5.74, 6) is 0.912. The zero-order valence-corrected chi connectivity index (χ0v) is 22.8. The fourth-order valence-electron chi connectivity index (χ4n) is 5.17. The Kier molecular flexibility index (Phi) is 6.66. The van der Waals surface area contributed by atoms with Crippen LogP contribution in [0.1, 0.15) is 70.4 Å². The molecule has 1 saturated heterocycles. The molecule has 0 radical (unpaired) electrons. The number of fused-ring (bicyclic) bond motifs is 6. The molecule has 0 aliphatic carbocycles. The number of aromatic nitrogens is 2. The molecule has 4 rings (SSSR count). The Morgan fingerprint density at radius 1 is 1.17 bits per heavy atom. The molecule has 3 atom stereocenters. The highest BCUT2D eigenvalue weighted by molar-refractivity contribution is 7.90. The molecule has 194 valence electrons. The third-order valence-corrected chi connectivity index (χ3v) is 8.56. The van der Waals surface area contributed by atoms with Gasteiger partial charge in [-0.15, -0.1) is 6.58 Å². The lowest BCUT2D eigenvalue weighted by atomic mass is 9.84. The van der Waals surface area contributed by atoms with Crippen molar-refractivity contribution in [2.24, 2.45) is 11.8 Å². The normalized spacial score (nSPS) is 25.6. The van der Waals surface area contributed by atoms with E-state index in [1.54, 1.807) is 24.3 Å². The van der Waals surface area contributed by atoms with E-state index in [0.717, 1.165) is 25.1 Å². The van der Waals surface area contributed by atoms with Crippen LogP contribution in [0.5, 0.6) is 0 Å². The SMILES string of the molecule is C=CC1C[C@H](C)[C@@H]2CN(c3nc(C(C)(C)C)ccc3C(=O)NS(=O)(=O)c3cccc(n3)N1)C(C)(C)C2. The van der Waals surface area contributed by atoms with Crippen LogP contribution in [0.15, 0.2) is 48.0 Å². The number of pyridine rings is 2. The molecule has 4 bridgehead atoms. The van der Waals surface area contributed by atoms with Crippen LogP contribution in [-0.2, 0) is 15.4 Å². The second kappa shape index (κ2) is 9.18. The van der Waals surface area contributed by atoms with Gasteiger partial charge in [-0.05, 0) is 62.8 Å². The number of amides is 1. The zero-order valence-electron chi connectivity index (χ0n) is 22.0. The van der Waals surface area contributed by atoms with Gasteiger partial charge in [-0.2, -0.15) is 8.42 Å². The summed E-state index contributed by atoms with van der Waals surface area (Å²) in [7, 11) is -4.21. The van der Waals surface area contributed by atoms with Crippen LogP contribution >= 0.6 is 0 Å². The Morgan fingerprint density at radius 2 is 1.89 bits per heavy atom. The van der Waals surface area contributed by atoms with E-state index in [0.29, 0.717) is 23.5 Å². The second-order valence-corrected chi connectivity index (χ2v) is 13.3. The quantitative estimate of drug-likeness (QED) is 0.543. The molecular formula is C27H37N5O3S. The minimum absolute atomic E-state index is 0.0831. The van der Waals surface area contributed by atoms with Gasteiger partial charge in [0.25, 0.3) is 15.9 Å². The van der Waals surface area contributed by atoms with Crippen LogP contribution in [0, 0.1) is 11.8 Å². The average molecular weight is 512 g/mol. The highest BCUT2D eigenvalue weighted by atomic mass is 32.2. The Labute approximate surface area is 214 Å². The number of nitrogens with zero attached hydrogens (tertiary/aromatic N) is 3. The lowest BCUT2D eigenvalue weighted by molar-refractivity contribution is 0.0981. The minimum Gasteiger partial charge on any atom is -0.364 e. The number of sulfonamides is 1. The molecule has 8 nitrogen and oxygen atoms in total. The van der Waals surface area contributed by atoms with Crippen LogP contribution in [0.4, 0.5) is 11.6 Å². The zero-order chi connectivity index (χ0) is 26.5. The molecule has 2 aromatic heterocycles. The molecule has 2 aliphatic rings. The lowest BCUT2D eigenvalue weighted by Crippen LogP contribution is -2.41. The molecule has 0 aromatic carbocycles. The molecule has 2 aliphatic heterocycles. The predicted molar refractivity (Wildman–Crippen MR) is 143 cm³/mol.